The SMILES string of the molecule is CN(C(=O)OCc1ccccc1)c1nccs1. The molecule has 88 valence electrons. The van der Waals surface area contributed by atoms with Gasteiger partial charge in [-0.15, -0.1) is 11.3 Å². The van der Waals surface area contributed by atoms with E-state index in [1.807, 2.05) is 35.7 Å². The highest BCUT2D eigenvalue weighted by molar-refractivity contribution is 7.13. The van der Waals surface area contributed by atoms with Crippen molar-refractivity contribution in [3.63, 3.8) is 0 Å². The molecule has 0 aliphatic carbocycles. The zero-order valence-electron chi connectivity index (χ0n) is 9.37. The van der Waals surface area contributed by atoms with Gasteiger partial charge in [0.2, 0.25) is 0 Å². The molecule has 4 nitrogen and oxygen atoms in total. The summed E-state index contributed by atoms with van der Waals surface area (Å²) < 4.78 is 5.17. The molecule has 1 heterocycles. The first-order chi connectivity index (χ1) is 8.27. The summed E-state index contributed by atoms with van der Waals surface area (Å²) in [4.78, 5) is 17.1. The molecule has 1 amide bonds. The van der Waals surface area contributed by atoms with Gasteiger partial charge in [0.15, 0.2) is 5.13 Å². The highest BCUT2D eigenvalue weighted by atomic mass is 32.1. The van der Waals surface area contributed by atoms with Crippen molar-refractivity contribution in [2.45, 2.75) is 6.61 Å². The molecule has 0 atom stereocenters. The number of ether oxygens (including phenoxy) is 1. The topological polar surface area (TPSA) is 42.4 Å². The molecule has 17 heavy (non-hydrogen) atoms. The van der Waals surface area contributed by atoms with Gasteiger partial charge in [-0.05, 0) is 5.56 Å². The van der Waals surface area contributed by atoms with E-state index < -0.39 is 6.09 Å². The summed E-state index contributed by atoms with van der Waals surface area (Å²) in [6, 6.07) is 9.57. The number of thiazole rings is 1. The predicted molar refractivity (Wildman–Crippen MR) is 67.1 cm³/mol. The zero-order chi connectivity index (χ0) is 12.1. The van der Waals surface area contributed by atoms with E-state index in [0.29, 0.717) is 5.13 Å². The van der Waals surface area contributed by atoms with Gasteiger partial charge in [0, 0.05) is 18.6 Å². The van der Waals surface area contributed by atoms with Gasteiger partial charge in [-0.25, -0.2) is 9.78 Å². The Morgan fingerprint density at radius 2 is 2.18 bits per heavy atom. The lowest BCUT2D eigenvalue weighted by atomic mass is 10.2. The largest absolute Gasteiger partial charge is 0.444 e. The van der Waals surface area contributed by atoms with E-state index >= 15 is 0 Å². The number of nitrogens with zero attached hydrogens (tertiary/aromatic N) is 2. The number of aromatic nitrogens is 1. The number of benzene rings is 1. The van der Waals surface area contributed by atoms with Crippen LogP contribution in [-0.2, 0) is 11.3 Å². The summed E-state index contributed by atoms with van der Waals surface area (Å²) in [5.74, 6) is 0. The second-order valence-electron chi connectivity index (χ2n) is 3.41. The Morgan fingerprint density at radius 3 is 2.82 bits per heavy atom. The van der Waals surface area contributed by atoms with Crippen LogP contribution in [0.25, 0.3) is 0 Å². The highest BCUT2D eigenvalue weighted by Crippen LogP contribution is 2.16. The average molecular weight is 248 g/mol. The van der Waals surface area contributed by atoms with E-state index in [-0.39, 0.29) is 6.61 Å². The monoisotopic (exact) mass is 248 g/mol. The third-order valence-electron chi connectivity index (χ3n) is 2.19. The molecule has 5 heteroatoms. The van der Waals surface area contributed by atoms with E-state index in [1.165, 1.54) is 16.2 Å². The number of anilines is 1. The van der Waals surface area contributed by atoms with Crippen LogP contribution in [0, 0.1) is 0 Å². The van der Waals surface area contributed by atoms with Crippen LogP contribution in [0.2, 0.25) is 0 Å². The van der Waals surface area contributed by atoms with Gasteiger partial charge in [0.25, 0.3) is 0 Å². The Labute approximate surface area is 103 Å². The molecular formula is C12H12N2O2S. The van der Waals surface area contributed by atoms with Crippen molar-refractivity contribution in [2.24, 2.45) is 0 Å². The summed E-state index contributed by atoms with van der Waals surface area (Å²) in [6.45, 7) is 0.273. The maximum atomic E-state index is 11.7. The highest BCUT2D eigenvalue weighted by Gasteiger charge is 2.14. The van der Waals surface area contributed by atoms with Crippen LogP contribution in [-0.4, -0.2) is 18.1 Å². The van der Waals surface area contributed by atoms with Crippen LogP contribution in [0.5, 0.6) is 0 Å². The first-order valence-corrected chi connectivity index (χ1v) is 5.99. The molecule has 0 N–H and O–H groups in total. The molecule has 0 aliphatic rings. The minimum Gasteiger partial charge on any atom is -0.444 e. The maximum Gasteiger partial charge on any atom is 0.416 e. The van der Waals surface area contributed by atoms with Gasteiger partial charge in [0.05, 0.1) is 0 Å². The van der Waals surface area contributed by atoms with Crippen LogP contribution in [0.15, 0.2) is 41.9 Å². The van der Waals surface area contributed by atoms with Crippen LogP contribution in [0.3, 0.4) is 0 Å². The van der Waals surface area contributed by atoms with E-state index in [9.17, 15) is 4.79 Å². The van der Waals surface area contributed by atoms with Crippen molar-refractivity contribution >= 4 is 22.6 Å². The molecule has 0 unspecified atom stereocenters. The Hall–Kier alpha value is -1.88. The molecule has 2 rings (SSSR count). The molecule has 0 aliphatic heterocycles. The van der Waals surface area contributed by atoms with Gasteiger partial charge >= 0.3 is 6.09 Å². The van der Waals surface area contributed by atoms with Crippen molar-refractivity contribution in [3.05, 3.63) is 47.5 Å². The molecule has 1 aromatic heterocycles. The minimum absolute atomic E-state index is 0.273. The van der Waals surface area contributed by atoms with Crippen molar-refractivity contribution < 1.29 is 9.53 Å². The Kier molecular flexibility index (Phi) is 3.72. The predicted octanol–water partition coefficient (Wildman–Crippen LogP) is 2.92. The van der Waals surface area contributed by atoms with Gasteiger partial charge in [-0.1, -0.05) is 30.3 Å². The fraction of sp³-hybridized carbons (Fsp3) is 0.167. The lowest BCUT2D eigenvalue weighted by Gasteiger charge is -2.13. The molecule has 0 spiro atoms. The molecule has 0 radical (unpaired) electrons. The first-order valence-electron chi connectivity index (χ1n) is 5.11. The van der Waals surface area contributed by atoms with E-state index in [2.05, 4.69) is 4.98 Å². The first kappa shape index (κ1) is 11.6. The summed E-state index contributed by atoms with van der Waals surface area (Å²) in [5, 5.41) is 2.44. The lowest BCUT2D eigenvalue weighted by Crippen LogP contribution is -2.26. The molecule has 1 aromatic carbocycles. The molecule has 0 saturated heterocycles. The molecular weight excluding hydrogens is 236 g/mol. The Bertz CT molecular complexity index is 471. The quantitative estimate of drug-likeness (QED) is 0.838. The maximum absolute atomic E-state index is 11.7. The zero-order valence-corrected chi connectivity index (χ0v) is 10.2. The average Bonchev–Trinajstić information content (AvgIpc) is 2.90. The number of rotatable bonds is 3. The summed E-state index contributed by atoms with van der Waals surface area (Å²) >= 11 is 1.40. The third-order valence-corrected chi connectivity index (χ3v) is 3.03. The van der Waals surface area contributed by atoms with Crippen LogP contribution < -0.4 is 4.90 Å². The van der Waals surface area contributed by atoms with Gasteiger partial charge in [-0.3, -0.25) is 4.90 Å². The standard InChI is InChI=1S/C12H12N2O2S/c1-14(11-13-7-8-17-11)12(15)16-9-10-5-3-2-4-6-10/h2-8H,9H2,1H3. The molecule has 0 bridgehead atoms. The smallest absolute Gasteiger partial charge is 0.416 e. The molecule has 0 fully saturated rings. The van der Waals surface area contributed by atoms with Crippen LogP contribution in [0.4, 0.5) is 9.93 Å². The summed E-state index contributed by atoms with van der Waals surface area (Å²) in [7, 11) is 1.64. The summed E-state index contributed by atoms with van der Waals surface area (Å²) in [6.07, 6.45) is 1.25. The van der Waals surface area contributed by atoms with Crippen molar-refractivity contribution in [2.75, 3.05) is 11.9 Å². The number of carbonyl (C=O) groups is 1. The van der Waals surface area contributed by atoms with Crippen LogP contribution >= 0.6 is 11.3 Å². The summed E-state index contributed by atoms with van der Waals surface area (Å²) in [5.41, 5.74) is 0.966. The van der Waals surface area contributed by atoms with E-state index in [4.69, 9.17) is 4.74 Å². The van der Waals surface area contributed by atoms with Gasteiger partial charge < -0.3 is 4.74 Å². The minimum atomic E-state index is -0.399. The van der Waals surface area contributed by atoms with E-state index in [0.717, 1.165) is 5.56 Å². The van der Waals surface area contributed by atoms with Crippen LogP contribution in [0.1, 0.15) is 5.56 Å². The van der Waals surface area contributed by atoms with Crippen molar-refractivity contribution in [1.82, 2.24) is 4.98 Å². The number of amides is 1. The second-order valence-corrected chi connectivity index (χ2v) is 4.29. The fourth-order valence-electron chi connectivity index (χ4n) is 1.28. The lowest BCUT2D eigenvalue weighted by molar-refractivity contribution is 0.148. The molecule has 0 saturated carbocycles. The van der Waals surface area contributed by atoms with E-state index in [1.54, 1.807) is 13.2 Å². The third kappa shape index (κ3) is 3.04. The van der Waals surface area contributed by atoms with Gasteiger partial charge in [-0.2, -0.15) is 0 Å². The number of hydrogen-bond donors (Lipinski definition) is 0. The van der Waals surface area contributed by atoms with Crippen molar-refractivity contribution in [3.8, 4) is 0 Å². The molecule has 2 aromatic rings. The number of hydrogen-bond acceptors (Lipinski definition) is 4. The normalized spacial score (nSPS) is 9.94. The number of carbonyl (C=O) groups excluding carboxylic acids is 1. The Balaban J connectivity index is 1.90. The Morgan fingerprint density at radius 1 is 1.41 bits per heavy atom. The van der Waals surface area contributed by atoms with Gasteiger partial charge in [0.1, 0.15) is 6.61 Å². The fourth-order valence-corrected chi connectivity index (χ4v) is 1.87. The second kappa shape index (κ2) is 5.45. The van der Waals surface area contributed by atoms with Crippen molar-refractivity contribution in [1.29, 1.82) is 0 Å².